The molecule has 0 radical (unpaired) electrons. The second kappa shape index (κ2) is 5.68. The van der Waals surface area contributed by atoms with Gasteiger partial charge >= 0.3 is 5.97 Å². The van der Waals surface area contributed by atoms with Gasteiger partial charge in [0, 0.05) is 6.42 Å². The predicted molar refractivity (Wildman–Crippen MR) is 50.8 cm³/mol. The zero-order valence-corrected chi connectivity index (χ0v) is 7.38. The van der Waals surface area contributed by atoms with Gasteiger partial charge in [-0.15, -0.1) is 0 Å². The summed E-state index contributed by atoms with van der Waals surface area (Å²) in [5, 5.41) is 8.38. The van der Waals surface area contributed by atoms with Gasteiger partial charge < -0.3 is 16.6 Å². The third kappa shape index (κ3) is 5.82. The van der Waals surface area contributed by atoms with Crippen LogP contribution in [-0.4, -0.2) is 22.1 Å². The molecule has 4 nitrogen and oxygen atoms in total. The Morgan fingerprint density at radius 3 is 2.58 bits per heavy atom. The molecule has 0 heterocycles. The summed E-state index contributed by atoms with van der Waals surface area (Å²) in [4.78, 5) is 10.6. The van der Waals surface area contributed by atoms with Gasteiger partial charge in [-0.2, -0.15) is 0 Å². The molecule has 12 heavy (non-hydrogen) atoms. The highest BCUT2D eigenvalue weighted by Crippen LogP contribution is 1.92. The summed E-state index contributed by atoms with van der Waals surface area (Å²) in [6.45, 7) is 0. The van der Waals surface area contributed by atoms with E-state index in [1.807, 2.05) is 0 Å². The Kier molecular flexibility index (Phi) is 5.23. The normalized spacial score (nSPS) is 13.1. The number of nitrogens with two attached hydrogens (primary N) is 2. The van der Waals surface area contributed by atoms with Crippen molar-refractivity contribution in [1.82, 2.24) is 0 Å². The molecule has 0 aliphatic carbocycles. The quantitative estimate of drug-likeness (QED) is 0.418. The van der Waals surface area contributed by atoms with Gasteiger partial charge in [-0.05, 0) is 6.42 Å². The van der Waals surface area contributed by atoms with E-state index >= 15 is 0 Å². The van der Waals surface area contributed by atoms with Gasteiger partial charge in [-0.1, -0.05) is 24.4 Å². The lowest BCUT2D eigenvalue weighted by atomic mass is 10.2. The smallest absolute Gasteiger partial charge is 0.320 e. The third-order valence-corrected chi connectivity index (χ3v) is 1.36. The fraction of sp³-hybridized carbons (Fsp3) is 0.429. The Morgan fingerprint density at radius 2 is 2.17 bits per heavy atom. The Balaban J connectivity index is 3.60. The molecular formula is C7H12N2O2S. The maximum Gasteiger partial charge on any atom is 0.320 e. The van der Waals surface area contributed by atoms with Crippen LogP contribution in [0.15, 0.2) is 12.2 Å². The average molecular weight is 188 g/mol. The number of carboxylic acid groups (broad SMARTS) is 1. The van der Waals surface area contributed by atoms with E-state index in [9.17, 15) is 4.79 Å². The van der Waals surface area contributed by atoms with E-state index in [4.69, 9.17) is 16.6 Å². The molecule has 0 unspecified atom stereocenters. The molecule has 0 aromatic rings. The van der Waals surface area contributed by atoms with Gasteiger partial charge in [0.05, 0.1) is 4.99 Å². The van der Waals surface area contributed by atoms with Crippen molar-refractivity contribution in [1.29, 1.82) is 0 Å². The molecule has 0 amide bonds. The van der Waals surface area contributed by atoms with Crippen molar-refractivity contribution in [3.8, 4) is 0 Å². The first-order valence-corrected chi connectivity index (χ1v) is 3.86. The SMILES string of the molecule is NC(=S)C/C=C/C[C@H](N)C(=O)O. The maximum atomic E-state index is 10.2. The standard InChI is InChI=1S/C7H12N2O2S/c8-5(7(10)11)3-1-2-4-6(9)12/h1-2,5H,3-4,8H2,(H2,9,12)(H,10,11)/b2-1+/t5-/m0/s1. The number of carboxylic acids is 1. The summed E-state index contributed by atoms with van der Waals surface area (Å²) in [6.07, 6.45) is 4.17. The molecule has 0 rings (SSSR count). The van der Waals surface area contributed by atoms with Gasteiger partial charge in [-0.3, -0.25) is 4.79 Å². The zero-order valence-electron chi connectivity index (χ0n) is 6.56. The lowest BCUT2D eigenvalue weighted by Crippen LogP contribution is -2.29. The van der Waals surface area contributed by atoms with Crippen LogP contribution in [0.5, 0.6) is 0 Å². The molecule has 0 aliphatic rings. The van der Waals surface area contributed by atoms with Gasteiger partial charge in [0.25, 0.3) is 0 Å². The van der Waals surface area contributed by atoms with Gasteiger partial charge in [-0.25, -0.2) is 0 Å². The van der Waals surface area contributed by atoms with Gasteiger partial charge in [0.2, 0.25) is 0 Å². The minimum atomic E-state index is -1.00. The van der Waals surface area contributed by atoms with Crippen molar-refractivity contribution >= 4 is 23.2 Å². The summed E-state index contributed by atoms with van der Waals surface area (Å²) >= 11 is 4.61. The zero-order chi connectivity index (χ0) is 9.56. The number of rotatable bonds is 5. The van der Waals surface area contributed by atoms with E-state index in [0.717, 1.165) is 0 Å². The van der Waals surface area contributed by atoms with Crippen LogP contribution >= 0.6 is 12.2 Å². The highest BCUT2D eigenvalue weighted by molar-refractivity contribution is 7.80. The summed E-state index contributed by atoms with van der Waals surface area (Å²) in [7, 11) is 0. The number of carbonyl (C=O) groups is 1. The topological polar surface area (TPSA) is 89.3 Å². The maximum absolute atomic E-state index is 10.2. The number of hydrogen-bond donors (Lipinski definition) is 3. The number of aliphatic carboxylic acids is 1. The second-order valence-electron chi connectivity index (χ2n) is 2.32. The van der Waals surface area contributed by atoms with Crippen molar-refractivity contribution in [2.45, 2.75) is 18.9 Å². The molecule has 5 heteroatoms. The molecule has 0 saturated carbocycles. The molecule has 0 aromatic heterocycles. The van der Waals surface area contributed by atoms with E-state index in [2.05, 4.69) is 12.2 Å². The van der Waals surface area contributed by atoms with Crippen molar-refractivity contribution < 1.29 is 9.90 Å². The van der Waals surface area contributed by atoms with E-state index in [0.29, 0.717) is 17.8 Å². The number of hydrogen-bond acceptors (Lipinski definition) is 3. The summed E-state index contributed by atoms with van der Waals surface area (Å²) in [5.74, 6) is -1.00. The summed E-state index contributed by atoms with van der Waals surface area (Å²) in [6, 6.07) is -0.840. The monoisotopic (exact) mass is 188 g/mol. The molecular weight excluding hydrogens is 176 g/mol. The molecule has 0 fully saturated rings. The van der Waals surface area contributed by atoms with Crippen LogP contribution in [0.2, 0.25) is 0 Å². The van der Waals surface area contributed by atoms with E-state index < -0.39 is 12.0 Å². The minimum Gasteiger partial charge on any atom is -0.480 e. The average Bonchev–Trinajstić information content (AvgIpc) is 1.97. The van der Waals surface area contributed by atoms with E-state index in [1.54, 1.807) is 12.2 Å². The van der Waals surface area contributed by atoms with Crippen LogP contribution in [0.25, 0.3) is 0 Å². The third-order valence-electron chi connectivity index (χ3n) is 1.19. The first-order chi connectivity index (χ1) is 5.54. The molecule has 0 aliphatic heterocycles. The largest absolute Gasteiger partial charge is 0.480 e. The fourth-order valence-electron chi connectivity index (χ4n) is 0.543. The first-order valence-electron chi connectivity index (χ1n) is 3.45. The lowest BCUT2D eigenvalue weighted by Gasteiger charge is -1.99. The Labute approximate surface area is 76.2 Å². The minimum absolute atomic E-state index is 0.304. The van der Waals surface area contributed by atoms with Crippen LogP contribution in [0, 0.1) is 0 Å². The van der Waals surface area contributed by atoms with Gasteiger partial charge in [0.15, 0.2) is 0 Å². The first kappa shape index (κ1) is 11.1. The van der Waals surface area contributed by atoms with Crippen LogP contribution < -0.4 is 11.5 Å². The molecule has 68 valence electrons. The van der Waals surface area contributed by atoms with Crippen molar-refractivity contribution in [3.63, 3.8) is 0 Å². The van der Waals surface area contributed by atoms with Crippen LogP contribution in [0.1, 0.15) is 12.8 Å². The molecule has 0 bridgehead atoms. The molecule has 0 spiro atoms. The van der Waals surface area contributed by atoms with E-state index in [-0.39, 0.29) is 0 Å². The lowest BCUT2D eigenvalue weighted by molar-refractivity contribution is -0.138. The van der Waals surface area contributed by atoms with E-state index in [1.165, 1.54) is 0 Å². The predicted octanol–water partition coefficient (Wildman–Crippen LogP) is 0.0208. The molecule has 0 aromatic carbocycles. The van der Waals surface area contributed by atoms with Crippen LogP contribution in [-0.2, 0) is 4.79 Å². The van der Waals surface area contributed by atoms with Crippen molar-refractivity contribution in [2.24, 2.45) is 11.5 Å². The highest BCUT2D eigenvalue weighted by Gasteiger charge is 2.07. The molecule has 1 atom stereocenters. The Bertz CT molecular complexity index is 204. The highest BCUT2D eigenvalue weighted by atomic mass is 32.1. The Hall–Kier alpha value is -0.940. The number of thiocarbonyl (C=S) groups is 1. The Morgan fingerprint density at radius 1 is 1.58 bits per heavy atom. The molecule has 5 N–H and O–H groups in total. The van der Waals surface area contributed by atoms with Gasteiger partial charge in [0.1, 0.15) is 6.04 Å². The summed E-state index contributed by atoms with van der Waals surface area (Å²) < 4.78 is 0. The molecule has 0 saturated heterocycles. The van der Waals surface area contributed by atoms with Crippen molar-refractivity contribution in [3.05, 3.63) is 12.2 Å². The van der Waals surface area contributed by atoms with Crippen molar-refractivity contribution in [2.75, 3.05) is 0 Å². The van der Waals surface area contributed by atoms with Crippen LogP contribution in [0.4, 0.5) is 0 Å². The second-order valence-corrected chi connectivity index (χ2v) is 2.85. The summed E-state index contributed by atoms with van der Waals surface area (Å²) in [5.41, 5.74) is 10.4. The van der Waals surface area contributed by atoms with Crippen LogP contribution in [0.3, 0.4) is 0 Å². The fourth-order valence-corrected chi connectivity index (χ4v) is 0.639.